The largest absolute Gasteiger partial charge is 0.465 e. The van der Waals surface area contributed by atoms with Crippen molar-refractivity contribution in [1.29, 1.82) is 0 Å². The molecule has 130 valence electrons. The molecule has 0 radical (unpaired) electrons. The molecule has 2 heterocycles. The minimum absolute atomic E-state index is 0.161. The van der Waals surface area contributed by atoms with Crippen LogP contribution in [-0.2, 0) is 20.9 Å². The van der Waals surface area contributed by atoms with Crippen molar-refractivity contribution in [2.24, 2.45) is 5.92 Å². The van der Waals surface area contributed by atoms with E-state index in [0.29, 0.717) is 18.7 Å². The topological polar surface area (TPSA) is 68.7 Å². The van der Waals surface area contributed by atoms with Crippen LogP contribution in [0.4, 0.5) is 5.82 Å². The molecule has 3 rings (SSSR count). The average molecular weight is 340 g/mol. The van der Waals surface area contributed by atoms with Crippen LogP contribution in [0.3, 0.4) is 0 Å². The van der Waals surface area contributed by atoms with Gasteiger partial charge >= 0.3 is 11.9 Å². The van der Waals surface area contributed by atoms with E-state index in [9.17, 15) is 9.59 Å². The second-order valence-electron chi connectivity index (χ2n) is 5.92. The Labute approximate surface area is 146 Å². The fourth-order valence-corrected chi connectivity index (χ4v) is 2.82. The first kappa shape index (κ1) is 17.0. The molecule has 0 aliphatic carbocycles. The predicted molar refractivity (Wildman–Crippen MR) is 92.1 cm³/mol. The summed E-state index contributed by atoms with van der Waals surface area (Å²) in [7, 11) is 1.34. The van der Waals surface area contributed by atoms with Crippen LogP contribution in [0.25, 0.3) is 0 Å². The van der Waals surface area contributed by atoms with Crippen molar-refractivity contribution in [2.45, 2.75) is 13.0 Å². The lowest BCUT2D eigenvalue weighted by Crippen LogP contribution is -2.24. The van der Waals surface area contributed by atoms with E-state index in [4.69, 9.17) is 4.74 Å². The summed E-state index contributed by atoms with van der Waals surface area (Å²) >= 11 is 0. The van der Waals surface area contributed by atoms with Crippen LogP contribution in [0.5, 0.6) is 0 Å². The molecule has 1 aliphatic rings. The molecular formula is C19H20N2O4. The molecule has 6 nitrogen and oxygen atoms in total. The van der Waals surface area contributed by atoms with Crippen molar-refractivity contribution in [2.75, 3.05) is 25.1 Å². The molecule has 1 unspecified atom stereocenters. The number of carbonyl (C=O) groups excluding carboxylic acids is 2. The van der Waals surface area contributed by atoms with E-state index >= 15 is 0 Å². The van der Waals surface area contributed by atoms with E-state index in [2.05, 4.69) is 9.72 Å². The SMILES string of the molecule is COC(=O)c1ccc(N2CCC(C(=O)OCc3ccccc3)C2)nc1. The number of pyridine rings is 1. The highest BCUT2D eigenvalue weighted by Crippen LogP contribution is 2.23. The summed E-state index contributed by atoms with van der Waals surface area (Å²) in [6.45, 7) is 1.59. The van der Waals surface area contributed by atoms with Crippen LogP contribution < -0.4 is 4.90 Å². The van der Waals surface area contributed by atoms with Gasteiger partial charge in [-0.05, 0) is 24.1 Å². The summed E-state index contributed by atoms with van der Waals surface area (Å²) in [6.07, 6.45) is 2.22. The van der Waals surface area contributed by atoms with Crippen molar-refractivity contribution < 1.29 is 19.1 Å². The van der Waals surface area contributed by atoms with Crippen LogP contribution >= 0.6 is 0 Å². The smallest absolute Gasteiger partial charge is 0.339 e. The molecule has 0 spiro atoms. The molecule has 0 bridgehead atoms. The third kappa shape index (κ3) is 4.15. The van der Waals surface area contributed by atoms with E-state index in [-0.39, 0.29) is 11.9 Å². The number of hydrogen-bond acceptors (Lipinski definition) is 6. The second kappa shape index (κ2) is 7.79. The first-order valence-corrected chi connectivity index (χ1v) is 8.17. The molecule has 1 saturated heterocycles. The molecule has 1 aromatic carbocycles. The van der Waals surface area contributed by atoms with Gasteiger partial charge in [0.1, 0.15) is 12.4 Å². The van der Waals surface area contributed by atoms with Crippen molar-refractivity contribution >= 4 is 17.8 Å². The molecule has 1 atom stereocenters. The van der Waals surface area contributed by atoms with Gasteiger partial charge in [-0.2, -0.15) is 0 Å². The third-order valence-corrected chi connectivity index (χ3v) is 4.24. The maximum absolute atomic E-state index is 12.2. The number of benzene rings is 1. The highest BCUT2D eigenvalue weighted by Gasteiger charge is 2.30. The number of aromatic nitrogens is 1. The van der Waals surface area contributed by atoms with Crippen molar-refractivity contribution in [3.8, 4) is 0 Å². The Hall–Kier alpha value is -2.89. The summed E-state index contributed by atoms with van der Waals surface area (Å²) in [6, 6.07) is 13.1. The fraction of sp³-hybridized carbons (Fsp3) is 0.316. The minimum Gasteiger partial charge on any atom is -0.465 e. The van der Waals surface area contributed by atoms with Gasteiger partial charge in [0.05, 0.1) is 18.6 Å². The molecule has 2 aromatic rings. The normalized spacial score (nSPS) is 16.5. The molecule has 1 fully saturated rings. The number of carbonyl (C=O) groups is 2. The van der Waals surface area contributed by atoms with Gasteiger partial charge in [0.15, 0.2) is 0 Å². The van der Waals surface area contributed by atoms with Gasteiger partial charge in [-0.3, -0.25) is 4.79 Å². The Bertz CT molecular complexity index is 731. The Morgan fingerprint density at radius 2 is 2.00 bits per heavy atom. The van der Waals surface area contributed by atoms with Crippen molar-refractivity contribution in [3.63, 3.8) is 0 Å². The highest BCUT2D eigenvalue weighted by atomic mass is 16.5. The highest BCUT2D eigenvalue weighted by molar-refractivity contribution is 5.89. The third-order valence-electron chi connectivity index (χ3n) is 4.24. The lowest BCUT2D eigenvalue weighted by atomic mass is 10.1. The number of nitrogens with zero attached hydrogens (tertiary/aromatic N) is 2. The number of hydrogen-bond donors (Lipinski definition) is 0. The average Bonchev–Trinajstić information content (AvgIpc) is 3.17. The van der Waals surface area contributed by atoms with E-state index in [1.165, 1.54) is 13.3 Å². The molecular weight excluding hydrogens is 320 g/mol. The quantitative estimate of drug-likeness (QED) is 0.779. The fourth-order valence-electron chi connectivity index (χ4n) is 2.82. The van der Waals surface area contributed by atoms with E-state index < -0.39 is 5.97 Å². The van der Waals surface area contributed by atoms with E-state index in [1.54, 1.807) is 12.1 Å². The Balaban J connectivity index is 1.54. The summed E-state index contributed by atoms with van der Waals surface area (Å²) in [5.41, 5.74) is 1.38. The van der Waals surface area contributed by atoms with Gasteiger partial charge in [0, 0.05) is 19.3 Å². The molecule has 0 N–H and O–H groups in total. The zero-order valence-corrected chi connectivity index (χ0v) is 14.1. The summed E-state index contributed by atoms with van der Waals surface area (Å²) in [5, 5.41) is 0. The predicted octanol–water partition coefficient (Wildman–Crippen LogP) is 2.44. The van der Waals surface area contributed by atoms with E-state index in [0.717, 1.165) is 24.3 Å². The Kier molecular flexibility index (Phi) is 5.28. The molecule has 1 aromatic heterocycles. The van der Waals surface area contributed by atoms with E-state index in [1.807, 2.05) is 35.2 Å². The zero-order chi connectivity index (χ0) is 17.6. The summed E-state index contributed by atoms with van der Waals surface area (Å²) < 4.78 is 10.1. The van der Waals surface area contributed by atoms with Crippen LogP contribution in [0.2, 0.25) is 0 Å². The van der Waals surface area contributed by atoms with Crippen LogP contribution in [-0.4, -0.2) is 37.1 Å². The zero-order valence-electron chi connectivity index (χ0n) is 14.1. The number of methoxy groups -OCH3 is 1. The number of esters is 2. The van der Waals surface area contributed by atoms with Gasteiger partial charge in [0.2, 0.25) is 0 Å². The first-order valence-electron chi connectivity index (χ1n) is 8.17. The lowest BCUT2D eigenvalue weighted by molar-refractivity contribution is -0.149. The molecule has 6 heteroatoms. The van der Waals surface area contributed by atoms with Gasteiger partial charge in [-0.1, -0.05) is 30.3 Å². The maximum atomic E-state index is 12.2. The standard InChI is InChI=1S/C19H20N2O4/c1-24-18(22)15-7-8-17(20-11-15)21-10-9-16(12-21)19(23)25-13-14-5-3-2-4-6-14/h2-8,11,16H,9-10,12-13H2,1H3. The van der Waals surface area contributed by atoms with Crippen LogP contribution in [0.1, 0.15) is 22.3 Å². The monoisotopic (exact) mass is 340 g/mol. The molecule has 0 amide bonds. The molecule has 25 heavy (non-hydrogen) atoms. The van der Waals surface area contributed by atoms with Crippen molar-refractivity contribution in [1.82, 2.24) is 4.98 Å². The summed E-state index contributed by atoms with van der Waals surface area (Å²) in [5.74, 6) is -0.0165. The van der Waals surface area contributed by atoms with Crippen LogP contribution in [0.15, 0.2) is 48.7 Å². The number of ether oxygens (including phenoxy) is 2. The van der Waals surface area contributed by atoms with Gasteiger partial charge in [0.25, 0.3) is 0 Å². The molecule has 0 saturated carbocycles. The number of anilines is 1. The van der Waals surface area contributed by atoms with Crippen molar-refractivity contribution in [3.05, 3.63) is 59.8 Å². The Morgan fingerprint density at radius 3 is 2.68 bits per heavy atom. The van der Waals surface area contributed by atoms with Gasteiger partial charge < -0.3 is 14.4 Å². The Morgan fingerprint density at radius 1 is 1.20 bits per heavy atom. The molecule has 1 aliphatic heterocycles. The van der Waals surface area contributed by atoms with Crippen LogP contribution in [0, 0.1) is 5.92 Å². The number of rotatable bonds is 5. The maximum Gasteiger partial charge on any atom is 0.339 e. The lowest BCUT2D eigenvalue weighted by Gasteiger charge is -2.17. The summed E-state index contributed by atoms with van der Waals surface area (Å²) in [4.78, 5) is 30.0. The van der Waals surface area contributed by atoms with Gasteiger partial charge in [-0.25, -0.2) is 9.78 Å². The minimum atomic E-state index is -0.414. The first-order chi connectivity index (χ1) is 12.2. The second-order valence-corrected chi connectivity index (χ2v) is 5.92. The van der Waals surface area contributed by atoms with Gasteiger partial charge in [-0.15, -0.1) is 0 Å².